The van der Waals surface area contributed by atoms with Crippen LogP contribution in [0.4, 0.5) is 10.1 Å². The number of benzene rings is 2. The summed E-state index contributed by atoms with van der Waals surface area (Å²) in [4.78, 5) is 36.1. The van der Waals surface area contributed by atoms with Crippen molar-refractivity contribution in [3.63, 3.8) is 0 Å². The Labute approximate surface area is 200 Å². The number of hydrogen-bond acceptors (Lipinski definition) is 5. The van der Waals surface area contributed by atoms with E-state index in [9.17, 15) is 14.0 Å². The summed E-state index contributed by atoms with van der Waals surface area (Å²) in [5.41, 5.74) is 2.79. The maximum Gasteiger partial charge on any atom is 0.275 e. The molecule has 2 aromatic heterocycles. The molecular formula is C26H23FN4O2S. The monoisotopic (exact) mass is 474 g/mol. The molecule has 1 N–H and O–H groups in total. The average molecular weight is 475 g/mol. The van der Waals surface area contributed by atoms with Crippen molar-refractivity contribution in [3.8, 4) is 0 Å². The number of hydrogen-bond donors (Lipinski definition) is 1. The van der Waals surface area contributed by atoms with E-state index in [1.165, 1.54) is 23.5 Å². The van der Waals surface area contributed by atoms with Gasteiger partial charge < -0.3 is 10.2 Å². The van der Waals surface area contributed by atoms with Gasteiger partial charge in [0.25, 0.3) is 5.91 Å². The maximum atomic E-state index is 13.1. The van der Waals surface area contributed by atoms with Crippen molar-refractivity contribution in [1.29, 1.82) is 0 Å². The number of thiazole rings is 1. The van der Waals surface area contributed by atoms with Crippen LogP contribution in [0.2, 0.25) is 0 Å². The zero-order valence-corrected chi connectivity index (χ0v) is 19.2. The summed E-state index contributed by atoms with van der Waals surface area (Å²) in [6, 6.07) is 15.5. The molecule has 2 amide bonds. The predicted octanol–water partition coefficient (Wildman–Crippen LogP) is 5.03. The Hall–Kier alpha value is -3.65. The summed E-state index contributed by atoms with van der Waals surface area (Å²) >= 11 is 1.49. The van der Waals surface area contributed by atoms with Gasteiger partial charge in [0.15, 0.2) is 0 Å². The summed E-state index contributed by atoms with van der Waals surface area (Å²) in [6.45, 7) is 1.30. The highest BCUT2D eigenvalue weighted by Crippen LogP contribution is 2.31. The van der Waals surface area contributed by atoms with Gasteiger partial charge in [0.2, 0.25) is 5.91 Å². The topological polar surface area (TPSA) is 75.2 Å². The van der Waals surface area contributed by atoms with E-state index in [4.69, 9.17) is 0 Å². The van der Waals surface area contributed by atoms with Gasteiger partial charge in [-0.2, -0.15) is 0 Å². The van der Waals surface area contributed by atoms with Crippen LogP contribution in [0.1, 0.15) is 39.8 Å². The number of amides is 2. The molecule has 5 rings (SSSR count). The summed E-state index contributed by atoms with van der Waals surface area (Å²) in [5, 5.41) is 6.59. The number of nitrogens with one attached hydrogen (secondary N) is 1. The number of pyridine rings is 1. The van der Waals surface area contributed by atoms with Crippen molar-refractivity contribution < 1.29 is 14.0 Å². The molecule has 172 valence electrons. The first-order valence-corrected chi connectivity index (χ1v) is 12.1. The van der Waals surface area contributed by atoms with Crippen LogP contribution in [-0.4, -0.2) is 39.8 Å². The molecule has 34 heavy (non-hydrogen) atoms. The van der Waals surface area contributed by atoms with Gasteiger partial charge in [-0.15, -0.1) is 11.3 Å². The fourth-order valence-electron chi connectivity index (χ4n) is 4.19. The average Bonchev–Trinajstić information content (AvgIpc) is 3.36. The van der Waals surface area contributed by atoms with Crippen LogP contribution in [0.5, 0.6) is 0 Å². The molecule has 6 nitrogen and oxygen atoms in total. The lowest BCUT2D eigenvalue weighted by Gasteiger charge is -2.31. The Bertz CT molecular complexity index is 1330. The van der Waals surface area contributed by atoms with E-state index in [1.807, 2.05) is 35.2 Å². The second-order valence-corrected chi connectivity index (χ2v) is 9.28. The number of aromatic nitrogens is 2. The Kier molecular flexibility index (Phi) is 6.31. The standard InChI is InChI=1S/C26H23FN4O2S/c27-20-5-3-17(4-6-20)14-24(32)31-12-9-18(10-13-31)26-30-23(16-34-26)25(33)29-21-7-8-22-19(15-21)2-1-11-28-22/h1-8,11,15-16,18H,9-10,12-14H2,(H,29,33). The Morgan fingerprint density at radius 2 is 1.88 bits per heavy atom. The van der Waals surface area contributed by atoms with E-state index in [0.717, 1.165) is 34.3 Å². The maximum absolute atomic E-state index is 13.1. The van der Waals surface area contributed by atoms with Crippen molar-refractivity contribution in [1.82, 2.24) is 14.9 Å². The highest BCUT2D eigenvalue weighted by molar-refractivity contribution is 7.10. The minimum atomic E-state index is -0.303. The van der Waals surface area contributed by atoms with Crippen LogP contribution < -0.4 is 5.32 Å². The first kappa shape index (κ1) is 22.2. The quantitative estimate of drug-likeness (QED) is 0.440. The SMILES string of the molecule is O=C(Nc1ccc2ncccc2c1)c1csc(C2CCN(C(=O)Cc3ccc(F)cc3)CC2)n1. The molecule has 0 saturated carbocycles. The van der Waals surface area contributed by atoms with Crippen LogP contribution >= 0.6 is 11.3 Å². The van der Waals surface area contributed by atoms with Gasteiger partial charge in [0.05, 0.1) is 16.9 Å². The van der Waals surface area contributed by atoms with Gasteiger partial charge in [-0.1, -0.05) is 18.2 Å². The smallest absolute Gasteiger partial charge is 0.275 e. The molecule has 1 aliphatic rings. The van der Waals surface area contributed by atoms with Crippen LogP contribution in [0.15, 0.2) is 66.2 Å². The number of carbonyl (C=O) groups excluding carboxylic acids is 2. The van der Waals surface area contributed by atoms with Gasteiger partial charge in [0.1, 0.15) is 11.5 Å². The fourth-order valence-corrected chi connectivity index (χ4v) is 5.16. The molecule has 0 atom stereocenters. The lowest BCUT2D eigenvalue weighted by molar-refractivity contribution is -0.131. The zero-order chi connectivity index (χ0) is 23.5. The normalized spacial score (nSPS) is 14.3. The van der Waals surface area contributed by atoms with Gasteiger partial charge in [0, 0.05) is 41.7 Å². The molecule has 1 aliphatic heterocycles. The summed E-state index contributed by atoms with van der Waals surface area (Å²) in [7, 11) is 0. The number of likely N-dealkylation sites (tertiary alicyclic amines) is 1. The third kappa shape index (κ3) is 4.97. The molecule has 0 aliphatic carbocycles. The van der Waals surface area contributed by atoms with E-state index in [1.54, 1.807) is 23.7 Å². The van der Waals surface area contributed by atoms with Crippen molar-refractivity contribution >= 4 is 39.7 Å². The van der Waals surface area contributed by atoms with E-state index in [0.29, 0.717) is 24.5 Å². The Morgan fingerprint density at radius 1 is 1.09 bits per heavy atom. The van der Waals surface area contributed by atoms with Crippen molar-refractivity contribution in [2.45, 2.75) is 25.2 Å². The molecule has 1 saturated heterocycles. The molecule has 0 radical (unpaired) electrons. The number of carbonyl (C=O) groups is 2. The first-order valence-electron chi connectivity index (χ1n) is 11.2. The van der Waals surface area contributed by atoms with Crippen molar-refractivity contribution in [2.24, 2.45) is 0 Å². The van der Waals surface area contributed by atoms with Crippen molar-refractivity contribution in [2.75, 3.05) is 18.4 Å². The number of nitrogens with zero attached hydrogens (tertiary/aromatic N) is 3. The number of halogens is 1. The van der Waals surface area contributed by atoms with E-state index in [2.05, 4.69) is 15.3 Å². The second kappa shape index (κ2) is 9.69. The predicted molar refractivity (Wildman–Crippen MR) is 130 cm³/mol. The molecular weight excluding hydrogens is 451 g/mol. The van der Waals surface area contributed by atoms with Crippen LogP contribution in [0.3, 0.4) is 0 Å². The van der Waals surface area contributed by atoms with E-state index < -0.39 is 0 Å². The van der Waals surface area contributed by atoms with Gasteiger partial charge >= 0.3 is 0 Å². The van der Waals surface area contributed by atoms with Crippen LogP contribution in [0, 0.1) is 5.82 Å². The highest BCUT2D eigenvalue weighted by atomic mass is 32.1. The molecule has 1 fully saturated rings. The molecule has 0 spiro atoms. The number of fused-ring (bicyclic) bond motifs is 1. The second-order valence-electron chi connectivity index (χ2n) is 8.39. The molecule has 0 unspecified atom stereocenters. The largest absolute Gasteiger partial charge is 0.342 e. The zero-order valence-electron chi connectivity index (χ0n) is 18.4. The number of piperidine rings is 1. The summed E-state index contributed by atoms with van der Waals surface area (Å²) < 4.78 is 13.1. The molecule has 3 heterocycles. The highest BCUT2D eigenvalue weighted by Gasteiger charge is 2.26. The number of rotatable bonds is 5. The lowest BCUT2D eigenvalue weighted by atomic mass is 9.97. The molecule has 0 bridgehead atoms. The summed E-state index contributed by atoms with van der Waals surface area (Å²) in [5.74, 6) is -0.260. The van der Waals surface area contributed by atoms with Gasteiger partial charge in [-0.05, 0) is 54.8 Å². The third-order valence-electron chi connectivity index (χ3n) is 6.08. The molecule has 4 aromatic rings. The minimum absolute atomic E-state index is 0.0508. The fraction of sp³-hybridized carbons (Fsp3) is 0.231. The van der Waals surface area contributed by atoms with Crippen LogP contribution in [0.25, 0.3) is 10.9 Å². The van der Waals surface area contributed by atoms with Gasteiger partial charge in [-0.25, -0.2) is 9.37 Å². The first-order chi connectivity index (χ1) is 16.5. The van der Waals surface area contributed by atoms with Crippen molar-refractivity contribution in [3.05, 3.63) is 88.3 Å². The molecule has 2 aromatic carbocycles. The van der Waals surface area contributed by atoms with E-state index >= 15 is 0 Å². The lowest BCUT2D eigenvalue weighted by Crippen LogP contribution is -2.38. The number of anilines is 1. The van der Waals surface area contributed by atoms with Crippen LogP contribution in [-0.2, 0) is 11.2 Å². The minimum Gasteiger partial charge on any atom is -0.342 e. The third-order valence-corrected chi connectivity index (χ3v) is 7.09. The van der Waals surface area contributed by atoms with Gasteiger partial charge in [-0.3, -0.25) is 14.6 Å². The Balaban J connectivity index is 1.16. The summed E-state index contributed by atoms with van der Waals surface area (Å²) in [6.07, 6.45) is 3.63. The Morgan fingerprint density at radius 3 is 2.68 bits per heavy atom. The van der Waals surface area contributed by atoms with E-state index in [-0.39, 0.29) is 30.0 Å². The molecule has 8 heteroatoms.